The Kier molecular flexibility index (Phi) is 4.56. The molecule has 1 aliphatic heterocycles. The summed E-state index contributed by atoms with van der Waals surface area (Å²) < 4.78 is 9.99. The summed E-state index contributed by atoms with van der Waals surface area (Å²) in [6, 6.07) is 0. The van der Waals surface area contributed by atoms with Crippen molar-refractivity contribution in [2.45, 2.75) is 13.3 Å². The molecule has 1 rings (SSSR count). The van der Waals surface area contributed by atoms with Gasteiger partial charge in [0.05, 0.1) is 19.8 Å². The smallest absolute Gasteiger partial charge is 0.421 e. The highest BCUT2D eigenvalue weighted by molar-refractivity contribution is 5.66. The van der Waals surface area contributed by atoms with E-state index in [1.807, 2.05) is 11.9 Å². The largest absolute Gasteiger partial charge is 0.449 e. The molecule has 0 saturated carbocycles. The molecule has 1 fully saturated rings. The van der Waals surface area contributed by atoms with Crippen molar-refractivity contribution in [3.05, 3.63) is 0 Å². The average Bonchev–Trinajstić information content (AvgIpc) is 2.16. The summed E-state index contributed by atoms with van der Waals surface area (Å²) in [4.78, 5) is 11.1. The number of hydrogen-bond acceptors (Lipinski definition) is 4. The Hall–Kier alpha value is -0.810. The fourth-order valence-corrected chi connectivity index (χ4v) is 1.03. The predicted octanol–water partition coefficient (Wildman–Crippen LogP) is 0.370. The van der Waals surface area contributed by atoms with Crippen LogP contribution in [0.2, 0.25) is 0 Å². The highest BCUT2D eigenvalue weighted by Crippen LogP contribution is 1.93. The first-order chi connectivity index (χ1) is 6.33. The van der Waals surface area contributed by atoms with Crippen molar-refractivity contribution < 1.29 is 14.3 Å². The predicted molar refractivity (Wildman–Crippen MR) is 47.2 cm³/mol. The van der Waals surface area contributed by atoms with Crippen molar-refractivity contribution >= 4 is 6.09 Å². The van der Waals surface area contributed by atoms with E-state index in [-0.39, 0.29) is 6.09 Å². The van der Waals surface area contributed by atoms with Gasteiger partial charge < -0.3 is 9.47 Å². The van der Waals surface area contributed by atoms with E-state index in [0.29, 0.717) is 19.8 Å². The van der Waals surface area contributed by atoms with Crippen LogP contribution in [-0.4, -0.2) is 44.0 Å². The number of nitrogens with zero attached hydrogens (tertiary/aromatic N) is 1. The minimum absolute atomic E-state index is 0.372. The lowest BCUT2D eigenvalue weighted by Crippen LogP contribution is -2.48. The molecule has 5 heteroatoms. The lowest BCUT2D eigenvalue weighted by atomic mass is 10.5. The van der Waals surface area contributed by atoms with E-state index < -0.39 is 0 Å². The van der Waals surface area contributed by atoms with Gasteiger partial charge >= 0.3 is 6.09 Å². The second kappa shape index (κ2) is 5.77. The monoisotopic (exact) mass is 188 g/mol. The number of amides is 1. The van der Waals surface area contributed by atoms with Crippen LogP contribution in [0, 0.1) is 0 Å². The topological polar surface area (TPSA) is 50.8 Å². The SMILES string of the molecule is CCCOC(=O)NN1CCOCC1. The first-order valence-corrected chi connectivity index (χ1v) is 4.59. The lowest BCUT2D eigenvalue weighted by molar-refractivity contribution is 0.0100. The zero-order valence-corrected chi connectivity index (χ0v) is 7.91. The van der Waals surface area contributed by atoms with Crippen LogP contribution in [0.25, 0.3) is 0 Å². The van der Waals surface area contributed by atoms with Crippen LogP contribution in [0.3, 0.4) is 0 Å². The van der Waals surface area contributed by atoms with E-state index in [0.717, 1.165) is 19.5 Å². The number of ether oxygens (including phenoxy) is 2. The molecular formula is C8H16N2O3. The molecule has 1 saturated heterocycles. The molecule has 76 valence electrons. The van der Waals surface area contributed by atoms with Gasteiger partial charge in [0.2, 0.25) is 0 Å². The molecular weight excluding hydrogens is 172 g/mol. The van der Waals surface area contributed by atoms with Gasteiger partial charge in [-0.3, -0.25) is 5.43 Å². The maximum atomic E-state index is 11.1. The van der Waals surface area contributed by atoms with Crippen molar-refractivity contribution in [2.24, 2.45) is 0 Å². The van der Waals surface area contributed by atoms with Crippen molar-refractivity contribution in [1.82, 2.24) is 10.4 Å². The molecule has 1 N–H and O–H groups in total. The summed E-state index contributed by atoms with van der Waals surface area (Å²) in [5, 5.41) is 1.81. The Labute approximate surface area is 78.0 Å². The van der Waals surface area contributed by atoms with Gasteiger partial charge in [-0.1, -0.05) is 6.92 Å². The van der Waals surface area contributed by atoms with Gasteiger partial charge in [0.1, 0.15) is 0 Å². The Bertz CT molecular complexity index is 157. The lowest BCUT2D eigenvalue weighted by Gasteiger charge is -2.26. The van der Waals surface area contributed by atoms with Gasteiger partial charge in [-0.05, 0) is 6.42 Å². The van der Waals surface area contributed by atoms with Crippen LogP contribution >= 0.6 is 0 Å². The van der Waals surface area contributed by atoms with E-state index in [1.54, 1.807) is 0 Å². The molecule has 0 atom stereocenters. The van der Waals surface area contributed by atoms with Crippen molar-refractivity contribution in [1.29, 1.82) is 0 Å². The van der Waals surface area contributed by atoms with E-state index in [4.69, 9.17) is 9.47 Å². The second-order valence-electron chi connectivity index (χ2n) is 2.85. The molecule has 0 spiro atoms. The maximum absolute atomic E-state index is 11.1. The quantitative estimate of drug-likeness (QED) is 0.695. The highest BCUT2D eigenvalue weighted by Gasteiger charge is 2.12. The molecule has 0 aromatic carbocycles. The molecule has 13 heavy (non-hydrogen) atoms. The summed E-state index contributed by atoms with van der Waals surface area (Å²) >= 11 is 0. The molecule has 0 aromatic rings. The Morgan fingerprint density at radius 3 is 2.85 bits per heavy atom. The van der Waals surface area contributed by atoms with Crippen molar-refractivity contribution in [3.63, 3.8) is 0 Å². The van der Waals surface area contributed by atoms with Crippen LogP contribution in [0.15, 0.2) is 0 Å². The third-order valence-electron chi connectivity index (χ3n) is 1.70. The van der Waals surface area contributed by atoms with E-state index >= 15 is 0 Å². The highest BCUT2D eigenvalue weighted by atomic mass is 16.6. The van der Waals surface area contributed by atoms with Crippen LogP contribution in [0.1, 0.15) is 13.3 Å². The van der Waals surface area contributed by atoms with Gasteiger partial charge in [0, 0.05) is 13.1 Å². The third kappa shape index (κ3) is 4.10. The number of hydrazine groups is 1. The fraction of sp³-hybridized carbons (Fsp3) is 0.875. The molecule has 0 aromatic heterocycles. The first-order valence-electron chi connectivity index (χ1n) is 4.59. The number of rotatable bonds is 3. The second-order valence-corrected chi connectivity index (χ2v) is 2.85. The van der Waals surface area contributed by atoms with Crippen molar-refractivity contribution in [2.75, 3.05) is 32.9 Å². The average molecular weight is 188 g/mol. The molecule has 5 nitrogen and oxygen atoms in total. The number of carbonyl (C=O) groups excluding carboxylic acids is 1. The zero-order chi connectivity index (χ0) is 9.52. The molecule has 1 aliphatic rings. The van der Waals surface area contributed by atoms with Crippen LogP contribution < -0.4 is 5.43 Å². The maximum Gasteiger partial charge on any atom is 0.421 e. The number of hydrogen-bond donors (Lipinski definition) is 1. The summed E-state index contributed by atoms with van der Waals surface area (Å²) in [7, 11) is 0. The Morgan fingerprint density at radius 1 is 1.54 bits per heavy atom. The summed E-state index contributed by atoms with van der Waals surface area (Å²) in [6.07, 6.45) is 0.472. The number of nitrogens with one attached hydrogen (secondary N) is 1. The summed E-state index contributed by atoms with van der Waals surface area (Å²) in [5.41, 5.74) is 2.65. The van der Waals surface area contributed by atoms with Crippen LogP contribution in [0.5, 0.6) is 0 Å². The van der Waals surface area contributed by atoms with Gasteiger partial charge in [-0.15, -0.1) is 0 Å². The van der Waals surface area contributed by atoms with E-state index in [9.17, 15) is 4.79 Å². The van der Waals surface area contributed by atoms with E-state index in [2.05, 4.69) is 5.43 Å². The summed E-state index contributed by atoms with van der Waals surface area (Å²) in [6.45, 7) is 5.20. The van der Waals surface area contributed by atoms with Gasteiger partial charge in [0.25, 0.3) is 0 Å². The zero-order valence-electron chi connectivity index (χ0n) is 7.91. The molecule has 0 unspecified atom stereocenters. The fourth-order valence-electron chi connectivity index (χ4n) is 1.03. The minimum Gasteiger partial charge on any atom is -0.449 e. The van der Waals surface area contributed by atoms with Crippen LogP contribution in [-0.2, 0) is 9.47 Å². The molecule has 0 aliphatic carbocycles. The molecule has 0 bridgehead atoms. The van der Waals surface area contributed by atoms with Crippen molar-refractivity contribution in [3.8, 4) is 0 Å². The Balaban J connectivity index is 2.11. The standard InChI is InChI=1S/C8H16N2O3/c1-2-5-13-8(11)9-10-3-6-12-7-4-10/h2-7H2,1H3,(H,9,11). The Morgan fingerprint density at radius 2 is 2.23 bits per heavy atom. The number of carbonyl (C=O) groups is 1. The number of morpholine rings is 1. The normalized spacial score (nSPS) is 18.2. The molecule has 1 heterocycles. The minimum atomic E-state index is -0.372. The van der Waals surface area contributed by atoms with Gasteiger partial charge in [-0.2, -0.15) is 0 Å². The van der Waals surface area contributed by atoms with Gasteiger partial charge in [-0.25, -0.2) is 9.80 Å². The summed E-state index contributed by atoms with van der Waals surface area (Å²) in [5.74, 6) is 0. The van der Waals surface area contributed by atoms with E-state index in [1.165, 1.54) is 0 Å². The first kappa shape index (κ1) is 10.3. The van der Waals surface area contributed by atoms with Crippen LogP contribution in [0.4, 0.5) is 4.79 Å². The molecule has 1 amide bonds. The van der Waals surface area contributed by atoms with Gasteiger partial charge in [0.15, 0.2) is 0 Å². The molecule has 0 radical (unpaired) electrons. The third-order valence-corrected chi connectivity index (χ3v) is 1.70.